The van der Waals surface area contributed by atoms with Gasteiger partial charge >= 0.3 is 0 Å². The number of benzene rings is 1. The zero-order chi connectivity index (χ0) is 14.5. The highest BCUT2D eigenvalue weighted by molar-refractivity contribution is 7.93. The summed E-state index contributed by atoms with van der Waals surface area (Å²) in [6.07, 6.45) is 0. The minimum atomic E-state index is -3.49. The summed E-state index contributed by atoms with van der Waals surface area (Å²) in [7, 11) is -2.01. The van der Waals surface area contributed by atoms with Crippen LogP contribution >= 0.6 is 11.6 Å². The van der Waals surface area contributed by atoms with Gasteiger partial charge in [0.15, 0.2) is 0 Å². The van der Waals surface area contributed by atoms with E-state index in [0.717, 1.165) is 6.54 Å². The minimum Gasteiger partial charge on any atom is -0.495 e. The van der Waals surface area contributed by atoms with E-state index in [9.17, 15) is 8.42 Å². The van der Waals surface area contributed by atoms with Crippen LogP contribution in [0.15, 0.2) is 18.2 Å². The maximum absolute atomic E-state index is 12.1. The maximum atomic E-state index is 12.1. The van der Waals surface area contributed by atoms with Crippen LogP contribution in [0.5, 0.6) is 5.75 Å². The lowest BCUT2D eigenvalue weighted by atomic mass is 10.3. The zero-order valence-electron chi connectivity index (χ0n) is 11.2. The molecule has 1 aromatic rings. The third kappa shape index (κ3) is 4.56. The molecule has 0 radical (unpaired) electrons. The molecule has 5 nitrogen and oxygen atoms in total. The largest absolute Gasteiger partial charge is 0.495 e. The molecule has 1 aromatic carbocycles. The quantitative estimate of drug-likeness (QED) is 0.809. The molecule has 108 valence electrons. The molecular formula is C12H19ClN2O3S. The van der Waals surface area contributed by atoms with Crippen molar-refractivity contribution >= 4 is 27.3 Å². The van der Waals surface area contributed by atoms with Gasteiger partial charge in [0.1, 0.15) is 5.75 Å². The standard InChI is InChI=1S/C12H19ClN2O3S/c1-4-14-8-9(2)19(16,17)15-11-7-10(13)5-6-12(11)18-3/h5-7,9,14-15H,4,8H2,1-3H3. The van der Waals surface area contributed by atoms with Crippen molar-refractivity contribution in [3.63, 3.8) is 0 Å². The predicted molar refractivity (Wildman–Crippen MR) is 78.6 cm³/mol. The van der Waals surface area contributed by atoms with Gasteiger partial charge in [-0.15, -0.1) is 0 Å². The summed E-state index contributed by atoms with van der Waals surface area (Å²) < 4.78 is 31.9. The number of halogens is 1. The molecule has 2 N–H and O–H groups in total. The van der Waals surface area contributed by atoms with Gasteiger partial charge in [-0.25, -0.2) is 8.42 Å². The first-order valence-corrected chi connectivity index (χ1v) is 7.89. The Hall–Kier alpha value is -0.980. The van der Waals surface area contributed by atoms with E-state index in [-0.39, 0.29) is 0 Å². The molecule has 0 aliphatic carbocycles. The summed E-state index contributed by atoms with van der Waals surface area (Å²) in [5.41, 5.74) is 0.346. The first kappa shape index (κ1) is 16.1. The second-order valence-corrected chi connectivity index (χ2v) is 6.65. The molecule has 1 unspecified atom stereocenters. The van der Waals surface area contributed by atoms with E-state index in [1.54, 1.807) is 19.1 Å². The summed E-state index contributed by atoms with van der Waals surface area (Å²) in [4.78, 5) is 0. The fourth-order valence-corrected chi connectivity index (χ4v) is 2.65. The number of rotatable bonds is 7. The van der Waals surface area contributed by atoms with Gasteiger partial charge in [-0.1, -0.05) is 18.5 Å². The van der Waals surface area contributed by atoms with Gasteiger partial charge in [-0.05, 0) is 31.7 Å². The number of hydrogen-bond donors (Lipinski definition) is 2. The van der Waals surface area contributed by atoms with E-state index in [1.165, 1.54) is 13.2 Å². The third-order valence-corrected chi connectivity index (χ3v) is 4.59. The van der Waals surface area contributed by atoms with E-state index in [0.29, 0.717) is 23.0 Å². The molecule has 0 aliphatic rings. The first-order valence-electron chi connectivity index (χ1n) is 5.96. The zero-order valence-corrected chi connectivity index (χ0v) is 12.8. The van der Waals surface area contributed by atoms with Crippen molar-refractivity contribution < 1.29 is 13.2 Å². The van der Waals surface area contributed by atoms with E-state index >= 15 is 0 Å². The molecule has 7 heteroatoms. The predicted octanol–water partition coefficient (Wildman–Crippen LogP) is 2.09. The van der Waals surface area contributed by atoms with E-state index in [2.05, 4.69) is 10.0 Å². The highest BCUT2D eigenvalue weighted by Crippen LogP contribution is 2.29. The lowest BCUT2D eigenvalue weighted by Gasteiger charge is -2.17. The molecule has 1 atom stereocenters. The average molecular weight is 307 g/mol. The number of hydrogen-bond acceptors (Lipinski definition) is 4. The lowest BCUT2D eigenvalue weighted by Crippen LogP contribution is -2.34. The van der Waals surface area contributed by atoms with Crippen molar-refractivity contribution in [2.75, 3.05) is 24.9 Å². The molecule has 19 heavy (non-hydrogen) atoms. The minimum absolute atomic E-state index is 0.346. The second kappa shape index (κ2) is 6.98. The van der Waals surface area contributed by atoms with Crippen LogP contribution in [0.25, 0.3) is 0 Å². The molecule has 0 amide bonds. The first-order chi connectivity index (χ1) is 8.90. The monoisotopic (exact) mass is 306 g/mol. The molecular weight excluding hydrogens is 288 g/mol. The summed E-state index contributed by atoms with van der Waals surface area (Å²) in [6, 6.07) is 4.79. The van der Waals surface area contributed by atoms with E-state index in [4.69, 9.17) is 16.3 Å². The summed E-state index contributed by atoms with van der Waals surface area (Å²) in [6.45, 7) is 4.67. The van der Waals surface area contributed by atoms with Gasteiger partial charge in [-0.2, -0.15) is 0 Å². The number of methoxy groups -OCH3 is 1. The van der Waals surface area contributed by atoms with Crippen molar-refractivity contribution in [2.24, 2.45) is 0 Å². The summed E-state index contributed by atoms with van der Waals surface area (Å²) >= 11 is 5.86. The molecule has 0 bridgehead atoms. The number of sulfonamides is 1. The van der Waals surface area contributed by atoms with Crippen molar-refractivity contribution in [3.05, 3.63) is 23.2 Å². The molecule has 0 saturated carbocycles. The van der Waals surface area contributed by atoms with Gasteiger partial charge in [0.25, 0.3) is 0 Å². The Labute approximate surface area is 119 Å². The fourth-order valence-electron chi connectivity index (χ4n) is 1.47. The van der Waals surface area contributed by atoms with Gasteiger partial charge in [0, 0.05) is 11.6 Å². The van der Waals surface area contributed by atoms with Crippen LogP contribution < -0.4 is 14.8 Å². The van der Waals surface area contributed by atoms with Crippen LogP contribution in [0.1, 0.15) is 13.8 Å². The van der Waals surface area contributed by atoms with Crippen molar-refractivity contribution in [1.29, 1.82) is 0 Å². The number of nitrogens with one attached hydrogen (secondary N) is 2. The molecule has 0 fully saturated rings. The van der Waals surface area contributed by atoms with E-state index < -0.39 is 15.3 Å². The lowest BCUT2D eigenvalue weighted by molar-refractivity contribution is 0.417. The molecule has 0 spiro atoms. The Morgan fingerprint density at radius 3 is 2.68 bits per heavy atom. The summed E-state index contributed by atoms with van der Waals surface area (Å²) in [5.74, 6) is 0.434. The Balaban J connectivity index is 2.91. The molecule has 0 saturated heterocycles. The van der Waals surface area contributed by atoms with Gasteiger partial charge in [-0.3, -0.25) is 4.72 Å². The average Bonchev–Trinajstić information content (AvgIpc) is 2.35. The highest BCUT2D eigenvalue weighted by Gasteiger charge is 2.21. The normalized spacial score (nSPS) is 13.1. The third-order valence-electron chi connectivity index (χ3n) is 2.63. The Kier molecular flexibility index (Phi) is 5.90. The molecule has 0 heterocycles. The van der Waals surface area contributed by atoms with Crippen molar-refractivity contribution in [2.45, 2.75) is 19.1 Å². The number of ether oxygens (including phenoxy) is 1. The van der Waals surface area contributed by atoms with Crippen LogP contribution in [0.2, 0.25) is 5.02 Å². The van der Waals surface area contributed by atoms with Crippen LogP contribution in [0.4, 0.5) is 5.69 Å². The maximum Gasteiger partial charge on any atom is 0.236 e. The van der Waals surface area contributed by atoms with Gasteiger partial charge in [0.05, 0.1) is 18.0 Å². The van der Waals surface area contributed by atoms with Crippen molar-refractivity contribution in [3.8, 4) is 5.75 Å². The SMILES string of the molecule is CCNCC(C)S(=O)(=O)Nc1cc(Cl)ccc1OC. The van der Waals surface area contributed by atoms with Crippen LogP contribution in [0, 0.1) is 0 Å². The van der Waals surface area contributed by atoms with Crippen LogP contribution in [0.3, 0.4) is 0 Å². The van der Waals surface area contributed by atoms with Gasteiger partial charge in [0.2, 0.25) is 10.0 Å². The molecule has 1 rings (SSSR count). The molecule has 0 aliphatic heterocycles. The topological polar surface area (TPSA) is 67.4 Å². The highest BCUT2D eigenvalue weighted by atomic mass is 35.5. The summed E-state index contributed by atoms with van der Waals surface area (Å²) in [5, 5.41) is 2.89. The smallest absolute Gasteiger partial charge is 0.236 e. The van der Waals surface area contributed by atoms with Crippen LogP contribution in [-0.2, 0) is 10.0 Å². The Bertz CT molecular complexity index is 520. The second-order valence-electron chi connectivity index (χ2n) is 4.11. The van der Waals surface area contributed by atoms with Crippen LogP contribution in [-0.4, -0.2) is 33.9 Å². The van der Waals surface area contributed by atoms with Crippen molar-refractivity contribution in [1.82, 2.24) is 5.32 Å². The number of anilines is 1. The Morgan fingerprint density at radius 1 is 1.42 bits per heavy atom. The Morgan fingerprint density at radius 2 is 2.11 bits per heavy atom. The van der Waals surface area contributed by atoms with Gasteiger partial charge < -0.3 is 10.1 Å². The fraction of sp³-hybridized carbons (Fsp3) is 0.500. The van der Waals surface area contributed by atoms with E-state index in [1.807, 2.05) is 6.92 Å². The molecule has 0 aromatic heterocycles.